The monoisotopic (exact) mass is 251 g/mol. The van der Waals surface area contributed by atoms with E-state index in [4.69, 9.17) is 9.79 Å². The van der Waals surface area contributed by atoms with E-state index in [9.17, 15) is 0 Å². The number of nitrogens with zero attached hydrogens (tertiary/aromatic N) is 3. The van der Waals surface area contributed by atoms with E-state index in [1.165, 1.54) is 0 Å². The Labute approximate surface area is 103 Å². The quantitative estimate of drug-likeness (QED) is 0.769. The van der Waals surface area contributed by atoms with Crippen LogP contribution >= 0.6 is 7.41 Å². The largest absolute Gasteiger partial charge is 0.450 e. The summed E-state index contributed by atoms with van der Waals surface area (Å²) in [6.07, 6.45) is 4.18. The topological polar surface area (TPSA) is 39.5 Å². The molecular weight excluding hydrogens is 233 g/mol. The van der Waals surface area contributed by atoms with Crippen molar-refractivity contribution in [2.75, 3.05) is 28.2 Å². The van der Waals surface area contributed by atoms with Gasteiger partial charge in [-0.3, -0.25) is 0 Å². The fourth-order valence-corrected chi connectivity index (χ4v) is 2.78. The van der Waals surface area contributed by atoms with Gasteiger partial charge in [-0.15, -0.1) is 0 Å². The molecule has 4 nitrogen and oxygen atoms in total. The van der Waals surface area contributed by atoms with Crippen molar-refractivity contribution in [3.05, 3.63) is 29.8 Å². The Bertz CT molecular complexity index is 448. The predicted octanol–water partition coefficient (Wildman–Crippen LogP) is 2.25. The zero-order valence-electron chi connectivity index (χ0n) is 10.7. The van der Waals surface area contributed by atoms with Gasteiger partial charge >= 0.3 is 0 Å². The maximum Gasteiger partial charge on any atom is 0.180 e. The van der Waals surface area contributed by atoms with Crippen LogP contribution in [0.4, 0.5) is 0 Å². The lowest BCUT2D eigenvalue weighted by Crippen LogP contribution is -2.24. The smallest absolute Gasteiger partial charge is 0.180 e. The summed E-state index contributed by atoms with van der Waals surface area (Å²) in [6, 6.07) is 9.16. The minimum absolute atomic E-state index is 0.625. The first-order valence-corrected chi connectivity index (χ1v) is 6.98. The standard InChI is InChI=1S/C12H18N3OP/c1-14(2)17(5,15(3)4)16-12-8-6-11(10-13)7-9-12/h6-9H,5H2,1-4H3. The molecule has 0 atom stereocenters. The summed E-state index contributed by atoms with van der Waals surface area (Å²) in [5, 5.41) is 8.72. The maximum absolute atomic E-state index is 8.72. The summed E-state index contributed by atoms with van der Waals surface area (Å²) in [4.78, 5) is 0. The van der Waals surface area contributed by atoms with Crippen LogP contribution in [0.5, 0.6) is 5.75 Å². The normalized spacial score (nSPS) is 11.6. The first-order valence-electron chi connectivity index (χ1n) is 5.19. The zero-order chi connectivity index (χ0) is 13.1. The van der Waals surface area contributed by atoms with E-state index in [0.29, 0.717) is 5.56 Å². The van der Waals surface area contributed by atoms with E-state index in [1.54, 1.807) is 24.3 Å². The van der Waals surface area contributed by atoms with Crippen LogP contribution in [-0.2, 0) is 0 Å². The molecule has 0 aromatic heterocycles. The molecule has 92 valence electrons. The number of nitriles is 1. The summed E-state index contributed by atoms with van der Waals surface area (Å²) in [5.41, 5.74) is 0.625. The SMILES string of the molecule is C=P(Oc1ccc(C#N)cc1)(N(C)C)N(C)C. The molecule has 0 spiro atoms. The summed E-state index contributed by atoms with van der Waals surface area (Å²) < 4.78 is 9.95. The Hall–Kier alpha value is -1.27. The molecule has 0 aliphatic carbocycles. The van der Waals surface area contributed by atoms with Gasteiger partial charge < -0.3 is 4.52 Å². The molecule has 0 bridgehead atoms. The van der Waals surface area contributed by atoms with Gasteiger partial charge in [0.05, 0.1) is 11.6 Å². The number of hydrogen-bond acceptors (Lipinski definition) is 4. The second kappa shape index (κ2) is 5.37. The van der Waals surface area contributed by atoms with Gasteiger partial charge in [-0.1, -0.05) is 0 Å². The summed E-state index contributed by atoms with van der Waals surface area (Å²) in [7, 11) is 5.77. The number of benzene rings is 1. The Morgan fingerprint density at radius 2 is 1.59 bits per heavy atom. The van der Waals surface area contributed by atoms with Gasteiger partial charge in [0.15, 0.2) is 7.41 Å². The average molecular weight is 251 g/mol. The number of hydrogen-bond donors (Lipinski definition) is 0. The lowest BCUT2D eigenvalue weighted by atomic mass is 10.2. The van der Waals surface area contributed by atoms with Crippen molar-refractivity contribution in [2.45, 2.75) is 0 Å². The van der Waals surface area contributed by atoms with Crippen molar-refractivity contribution in [3.63, 3.8) is 0 Å². The van der Waals surface area contributed by atoms with Crippen molar-refractivity contribution < 1.29 is 4.52 Å². The summed E-state index contributed by atoms with van der Waals surface area (Å²) >= 11 is 0. The van der Waals surface area contributed by atoms with E-state index < -0.39 is 7.41 Å². The van der Waals surface area contributed by atoms with Crippen LogP contribution in [0.2, 0.25) is 0 Å². The Balaban J connectivity index is 2.96. The van der Waals surface area contributed by atoms with Crippen molar-refractivity contribution in [1.29, 1.82) is 5.26 Å². The minimum Gasteiger partial charge on any atom is -0.450 e. The lowest BCUT2D eigenvalue weighted by molar-refractivity contribution is 0.447. The van der Waals surface area contributed by atoms with Crippen molar-refractivity contribution in [3.8, 4) is 11.8 Å². The highest BCUT2D eigenvalue weighted by molar-refractivity contribution is 7.64. The Morgan fingerprint density at radius 3 is 1.94 bits per heavy atom. The molecule has 0 unspecified atom stereocenters. The molecule has 5 heteroatoms. The molecule has 0 saturated heterocycles. The highest BCUT2D eigenvalue weighted by atomic mass is 31.2. The maximum atomic E-state index is 8.72. The lowest BCUT2D eigenvalue weighted by Gasteiger charge is -2.36. The minimum atomic E-state index is -2.02. The molecule has 17 heavy (non-hydrogen) atoms. The van der Waals surface area contributed by atoms with Crippen LogP contribution in [0.1, 0.15) is 5.56 Å². The van der Waals surface area contributed by atoms with Crippen molar-refractivity contribution in [1.82, 2.24) is 9.34 Å². The van der Waals surface area contributed by atoms with E-state index in [0.717, 1.165) is 5.75 Å². The molecule has 0 fully saturated rings. The molecule has 0 radical (unpaired) electrons. The first kappa shape index (κ1) is 13.8. The summed E-state index contributed by atoms with van der Waals surface area (Å²) in [6.45, 7) is 0. The van der Waals surface area contributed by atoms with Gasteiger partial charge in [-0.05, 0) is 58.8 Å². The zero-order valence-corrected chi connectivity index (χ0v) is 11.6. The van der Waals surface area contributed by atoms with Crippen LogP contribution in [0.25, 0.3) is 0 Å². The highest BCUT2D eigenvalue weighted by Crippen LogP contribution is 2.49. The molecule has 0 heterocycles. The predicted molar refractivity (Wildman–Crippen MR) is 73.2 cm³/mol. The molecule has 0 saturated carbocycles. The molecule has 0 aliphatic heterocycles. The third kappa shape index (κ3) is 3.10. The van der Waals surface area contributed by atoms with Crippen LogP contribution < -0.4 is 4.52 Å². The fourth-order valence-electron chi connectivity index (χ4n) is 1.28. The Morgan fingerprint density at radius 1 is 1.12 bits per heavy atom. The second-order valence-corrected chi connectivity index (χ2v) is 7.20. The molecule has 0 amide bonds. The van der Waals surface area contributed by atoms with Crippen LogP contribution in [0, 0.1) is 11.3 Å². The van der Waals surface area contributed by atoms with Gasteiger partial charge in [-0.25, -0.2) is 9.34 Å². The molecule has 0 N–H and O–H groups in total. The first-order chi connectivity index (χ1) is 7.90. The highest BCUT2D eigenvalue weighted by Gasteiger charge is 2.22. The van der Waals surface area contributed by atoms with E-state index >= 15 is 0 Å². The third-order valence-electron chi connectivity index (χ3n) is 2.49. The molecule has 1 aromatic carbocycles. The van der Waals surface area contributed by atoms with E-state index in [1.807, 2.05) is 37.5 Å². The van der Waals surface area contributed by atoms with Crippen LogP contribution in [-0.4, -0.2) is 43.8 Å². The fraction of sp³-hybridized carbons (Fsp3) is 0.333. The van der Waals surface area contributed by atoms with Crippen LogP contribution in [0.3, 0.4) is 0 Å². The van der Waals surface area contributed by atoms with Gasteiger partial charge in [0.1, 0.15) is 5.75 Å². The average Bonchev–Trinajstić information content (AvgIpc) is 2.29. The van der Waals surface area contributed by atoms with Crippen LogP contribution in [0.15, 0.2) is 24.3 Å². The van der Waals surface area contributed by atoms with Crippen molar-refractivity contribution in [2.24, 2.45) is 0 Å². The van der Waals surface area contributed by atoms with E-state index in [-0.39, 0.29) is 0 Å². The van der Waals surface area contributed by atoms with Gasteiger partial charge in [-0.2, -0.15) is 5.26 Å². The molecule has 1 aromatic rings. The second-order valence-electron chi connectivity index (χ2n) is 4.09. The number of rotatable bonds is 4. The molecule has 1 rings (SSSR count). The third-order valence-corrected chi connectivity index (χ3v) is 5.49. The van der Waals surface area contributed by atoms with E-state index in [2.05, 4.69) is 12.4 Å². The van der Waals surface area contributed by atoms with Gasteiger partial charge in [0, 0.05) is 0 Å². The summed E-state index contributed by atoms with van der Waals surface area (Å²) in [5.74, 6) is 0.731. The van der Waals surface area contributed by atoms with Gasteiger partial charge in [0.2, 0.25) is 0 Å². The van der Waals surface area contributed by atoms with Crippen molar-refractivity contribution >= 4 is 13.7 Å². The Kier molecular flexibility index (Phi) is 4.36. The molecular formula is C12H18N3OP. The molecule has 0 aliphatic rings. The van der Waals surface area contributed by atoms with Gasteiger partial charge in [0.25, 0.3) is 0 Å².